The second kappa shape index (κ2) is 5.05. The van der Waals surface area contributed by atoms with Gasteiger partial charge in [0, 0.05) is 22.4 Å². The fourth-order valence-electron chi connectivity index (χ4n) is 1.54. The number of nitrogens with zero attached hydrogens (tertiary/aromatic N) is 1. The highest BCUT2D eigenvalue weighted by molar-refractivity contribution is 7.11. The molecule has 0 atom stereocenters. The van der Waals surface area contributed by atoms with Crippen molar-refractivity contribution in [1.29, 1.82) is 0 Å². The lowest BCUT2D eigenvalue weighted by Crippen LogP contribution is -2.04. The molecule has 0 unspecified atom stereocenters. The molecule has 1 aromatic carbocycles. The molecule has 18 heavy (non-hydrogen) atoms. The van der Waals surface area contributed by atoms with Gasteiger partial charge in [-0.15, -0.1) is 11.3 Å². The molecule has 2 aromatic rings. The molecule has 6 heteroatoms. The van der Waals surface area contributed by atoms with Crippen LogP contribution >= 0.6 is 11.3 Å². The smallest absolute Gasteiger partial charge is 0.337 e. The van der Waals surface area contributed by atoms with Crippen LogP contribution in [0.2, 0.25) is 0 Å². The van der Waals surface area contributed by atoms with Gasteiger partial charge in [0.05, 0.1) is 17.1 Å². The van der Waals surface area contributed by atoms with E-state index in [-0.39, 0.29) is 11.3 Å². The zero-order valence-corrected chi connectivity index (χ0v) is 10.6. The normalized spacial score (nSPS) is 10.3. The van der Waals surface area contributed by atoms with Crippen LogP contribution in [0.1, 0.15) is 20.2 Å². The Hall–Kier alpha value is -2.08. The zero-order valence-electron chi connectivity index (χ0n) is 9.80. The first-order chi connectivity index (χ1) is 8.56. The van der Waals surface area contributed by atoms with Crippen LogP contribution in [0.5, 0.6) is 0 Å². The van der Waals surface area contributed by atoms with E-state index in [1.807, 2.05) is 13.1 Å². The van der Waals surface area contributed by atoms with Gasteiger partial charge in [-0.05, 0) is 25.1 Å². The van der Waals surface area contributed by atoms with Crippen molar-refractivity contribution in [2.75, 3.05) is 11.1 Å². The minimum absolute atomic E-state index is 0.120. The van der Waals surface area contributed by atoms with E-state index in [1.54, 1.807) is 23.5 Å². The monoisotopic (exact) mass is 263 g/mol. The molecule has 0 saturated carbocycles. The highest BCUT2D eigenvalue weighted by atomic mass is 32.1. The Balaban J connectivity index is 2.06. The number of nitrogens with one attached hydrogen (secondary N) is 1. The van der Waals surface area contributed by atoms with Crippen LogP contribution in [0.25, 0.3) is 0 Å². The van der Waals surface area contributed by atoms with Gasteiger partial charge in [-0.2, -0.15) is 0 Å². The lowest BCUT2D eigenvalue weighted by molar-refractivity contribution is 0.0698. The lowest BCUT2D eigenvalue weighted by atomic mass is 10.1. The highest BCUT2D eigenvalue weighted by Crippen LogP contribution is 2.19. The second-order valence-electron chi connectivity index (χ2n) is 3.81. The first-order valence-corrected chi connectivity index (χ1v) is 6.16. The van der Waals surface area contributed by atoms with Crippen LogP contribution < -0.4 is 11.1 Å². The second-order valence-corrected chi connectivity index (χ2v) is 5.13. The number of carboxylic acid groups (broad SMARTS) is 1. The number of aryl methyl sites for hydroxylation is 1. The number of hydrogen-bond donors (Lipinski definition) is 3. The number of rotatable bonds is 4. The van der Waals surface area contributed by atoms with Crippen molar-refractivity contribution < 1.29 is 9.90 Å². The number of benzene rings is 1. The number of nitrogen functional groups attached to an aromatic ring is 1. The van der Waals surface area contributed by atoms with E-state index < -0.39 is 5.97 Å². The Morgan fingerprint density at radius 1 is 1.56 bits per heavy atom. The average Bonchev–Trinajstić information content (AvgIpc) is 2.72. The molecule has 94 valence electrons. The third-order valence-electron chi connectivity index (χ3n) is 2.42. The van der Waals surface area contributed by atoms with Crippen LogP contribution in [0.4, 0.5) is 11.4 Å². The Bertz CT molecular complexity index is 580. The molecule has 0 aliphatic rings. The minimum atomic E-state index is -1.02. The molecule has 0 aliphatic carbocycles. The summed E-state index contributed by atoms with van der Waals surface area (Å²) in [5.41, 5.74) is 6.84. The predicted octanol–water partition coefficient (Wildman–Crippen LogP) is 2.34. The van der Waals surface area contributed by atoms with Crippen LogP contribution in [-0.2, 0) is 6.54 Å². The zero-order chi connectivity index (χ0) is 13.1. The molecular weight excluding hydrogens is 250 g/mol. The van der Waals surface area contributed by atoms with E-state index in [0.29, 0.717) is 6.54 Å². The van der Waals surface area contributed by atoms with Crippen LogP contribution in [0.3, 0.4) is 0 Å². The molecular formula is C12H13N3O2S. The van der Waals surface area contributed by atoms with E-state index >= 15 is 0 Å². The Kier molecular flexibility index (Phi) is 3.47. The summed E-state index contributed by atoms with van der Waals surface area (Å²) in [5, 5.41) is 13.1. The molecule has 0 spiro atoms. The average molecular weight is 263 g/mol. The van der Waals surface area contributed by atoms with Gasteiger partial charge in [-0.25, -0.2) is 9.78 Å². The highest BCUT2D eigenvalue weighted by Gasteiger charge is 2.07. The molecule has 0 amide bonds. The molecule has 4 N–H and O–H groups in total. The van der Waals surface area contributed by atoms with Gasteiger partial charge < -0.3 is 16.2 Å². The molecule has 0 fully saturated rings. The van der Waals surface area contributed by atoms with Crippen LogP contribution in [0.15, 0.2) is 24.4 Å². The quantitative estimate of drug-likeness (QED) is 0.737. The van der Waals surface area contributed by atoms with E-state index in [2.05, 4.69) is 10.3 Å². The fraction of sp³-hybridized carbons (Fsp3) is 0.167. The molecule has 0 aliphatic heterocycles. The number of aromatic nitrogens is 1. The SMILES string of the molecule is Cc1ncc(CNc2ccc(C(=O)O)c(N)c2)s1. The van der Waals surface area contributed by atoms with Gasteiger partial charge in [0.2, 0.25) is 0 Å². The van der Waals surface area contributed by atoms with Crippen LogP contribution in [0, 0.1) is 6.92 Å². The molecule has 1 aromatic heterocycles. The van der Waals surface area contributed by atoms with Gasteiger partial charge in [0.15, 0.2) is 0 Å². The maximum Gasteiger partial charge on any atom is 0.337 e. The fourth-order valence-corrected chi connectivity index (χ4v) is 2.28. The van der Waals surface area contributed by atoms with Crippen molar-refractivity contribution in [2.24, 2.45) is 0 Å². The van der Waals surface area contributed by atoms with Crippen molar-refractivity contribution in [3.05, 3.63) is 39.8 Å². The van der Waals surface area contributed by atoms with E-state index in [4.69, 9.17) is 10.8 Å². The van der Waals surface area contributed by atoms with E-state index in [0.717, 1.165) is 15.6 Å². The largest absolute Gasteiger partial charge is 0.478 e. The first kappa shape index (κ1) is 12.4. The van der Waals surface area contributed by atoms with Crippen LogP contribution in [-0.4, -0.2) is 16.1 Å². The molecule has 5 nitrogen and oxygen atoms in total. The Labute approximate surface area is 108 Å². The third kappa shape index (κ3) is 2.78. The summed E-state index contributed by atoms with van der Waals surface area (Å²) < 4.78 is 0. The first-order valence-electron chi connectivity index (χ1n) is 5.34. The number of nitrogens with two attached hydrogens (primary N) is 1. The molecule has 0 bridgehead atoms. The Morgan fingerprint density at radius 2 is 2.33 bits per heavy atom. The molecule has 0 saturated heterocycles. The number of carbonyl (C=O) groups is 1. The maximum atomic E-state index is 10.8. The van der Waals surface area contributed by atoms with Crippen molar-refractivity contribution in [2.45, 2.75) is 13.5 Å². The number of anilines is 2. The lowest BCUT2D eigenvalue weighted by Gasteiger charge is -2.07. The summed E-state index contributed by atoms with van der Waals surface area (Å²) in [5.74, 6) is -1.02. The number of carboxylic acids is 1. The predicted molar refractivity (Wildman–Crippen MR) is 72.0 cm³/mol. The summed E-state index contributed by atoms with van der Waals surface area (Å²) in [6.07, 6.45) is 1.82. The topological polar surface area (TPSA) is 88.2 Å². The summed E-state index contributed by atoms with van der Waals surface area (Å²) in [4.78, 5) is 16.1. The van der Waals surface area contributed by atoms with Gasteiger partial charge in [-0.3, -0.25) is 0 Å². The summed E-state index contributed by atoms with van der Waals surface area (Å²) >= 11 is 1.62. The summed E-state index contributed by atoms with van der Waals surface area (Å²) in [7, 11) is 0. The maximum absolute atomic E-state index is 10.8. The van der Waals surface area contributed by atoms with Gasteiger partial charge >= 0.3 is 5.97 Å². The van der Waals surface area contributed by atoms with Crippen molar-refractivity contribution in [3.8, 4) is 0 Å². The number of thiazole rings is 1. The number of aromatic carboxylic acids is 1. The van der Waals surface area contributed by atoms with Gasteiger partial charge in [0.25, 0.3) is 0 Å². The summed E-state index contributed by atoms with van der Waals surface area (Å²) in [6.45, 7) is 2.60. The molecule has 1 heterocycles. The summed E-state index contributed by atoms with van der Waals surface area (Å²) in [6, 6.07) is 4.82. The Morgan fingerprint density at radius 3 is 2.89 bits per heavy atom. The molecule has 2 rings (SSSR count). The minimum Gasteiger partial charge on any atom is -0.478 e. The van der Waals surface area contributed by atoms with Gasteiger partial charge in [0.1, 0.15) is 0 Å². The van der Waals surface area contributed by atoms with E-state index in [1.165, 1.54) is 6.07 Å². The van der Waals surface area contributed by atoms with Crippen molar-refractivity contribution in [3.63, 3.8) is 0 Å². The number of hydrogen-bond acceptors (Lipinski definition) is 5. The molecule has 0 radical (unpaired) electrons. The van der Waals surface area contributed by atoms with Crippen molar-refractivity contribution in [1.82, 2.24) is 4.98 Å². The van der Waals surface area contributed by atoms with E-state index in [9.17, 15) is 4.79 Å². The standard InChI is InChI=1S/C12H13N3O2S/c1-7-14-5-9(18-7)6-15-8-2-3-10(12(16)17)11(13)4-8/h2-5,15H,6,13H2,1H3,(H,16,17). The third-order valence-corrected chi connectivity index (χ3v) is 3.33. The van der Waals surface area contributed by atoms with Crippen molar-refractivity contribution >= 4 is 28.7 Å². The van der Waals surface area contributed by atoms with Gasteiger partial charge in [-0.1, -0.05) is 0 Å².